The van der Waals surface area contributed by atoms with E-state index in [2.05, 4.69) is 39.6 Å². The lowest BCUT2D eigenvalue weighted by Gasteiger charge is -2.38. The van der Waals surface area contributed by atoms with E-state index in [1.165, 1.54) is 12.1 Å². The van der Waals surface area contributed by atoms with Crippen LogP contribution in [0, 0.1) is 12.7 Å². The first-order valence-electron chi connectivity index (χ1n) is 15.0. The van der Waals surface area contributed by atoms with Crippen LogP contribution in [0.5, 0.6) is 0 Å². The molecule has 1 N–H and O–H groups in total. The van der Waals surface area contributed by atoms with Crippen molar-refractivity contribution in [2.24, 2.45) is 0 Å². The number of ether oxygens (including phenoxy) is 1. The highest BCUT2D eigenvalue weighted by Gasteiger charge is 2.39. The van der Waals surface area contributed by atoms with Gasteiger partial charge in [-0.05, 0) is 62.9 Å². The number of piperidine rings is 1. The number of hydrogen-bond donors (Lipinski definition) is 1. The van der Waals surface area contributed by atoms with Gasteiger partial charge in [-0.1, -0.05) is 36.7 Å². The number of carbonyl (C=O) groups is 1. The van der Waals surface area contributed by atoms with Gasteiger partial charge in [0, 0.05) is 63.8 Å². The number of carbonyl (C=O) groups excluding carboxylic acids is 1. The Kier molecular flexibility index (Phi) is 12.1. The largest absolute Gasteiger partial charge is 0.377 e. The lowest BCUT2D eigenvalue weighted by Crippen LogP contribution is -2.48. The fraction of sp³-hybridized carbons (Fsp3) is 0.567. The van der Waals surface area contributed by atoms with Crippen molar-refractivity contribution in [3.63, 3.8) is 0 Å². The molecular weight excluding hydrogens is 575 g/mol. The lowest BCUT2D eigenvalue weighted by molar-refractivity contribution is 0.0628. The third-order valence-electron chi connectivity index (χ3n) is 7.56. The molecule has 0 radical (unpaired) electrons. The number of aryl methyl sites for hydroxylation is 1. The van der Waals surface area contributed by atoms with Gasteiger partial charge in [0.2, 0.25) is 5.95 Å². The molecule has 2 aromatic heterocycles. The molecule has 1 unspecified atom stereocenters. The van der Waals surface area contributed by atoms with Crippen LogP contribution >= 0.6 is 11.8 Å². The van der Waals surface area contributed by atoms with Crippen molar-refractivity contribution in [1.82, 2.24) is 29.8 Å². The molecule has 13 heteroatoms. The SMILES string of the molecule is CC.COCc1noc(N2CCC(N(C(=O)c3cnc(N4CCC(NCl)C4)nc3)C3CC3)CC2)n1.Cc1ccc(F)cc1. The number of anilines is 2. The van der Waals surface area contributed by atoms with Gasteiger partial charge in [0.05, 0.1) is 5.56 Å². The molecule has 2 saturated heterocycles. The molecule has 1 saturated carbocycles. The highest BCUT2D eigenvalue weighted by molar-refractivity contribution is 6.13. The van der Waals surface area contributed by atoms with Crippen molar-refractivity contribution < 1.29 is 18.4 Å². The fourth-order valence-corrected chi connectivity index (χ4v) is 5.37. The molecule has 0 bridgehead atoms. The Morgan fingerprint density at radius 2 is 1.67 bits per heavy atom. The van der Waals surface area contributed by atoms with Crippen molar-refractivity contribution in [1.29, 1.82) is 0 Å². The second-order valence-corrected chi connectivity index (χ2v) is 10.9. The Labute approximate surface area is 257 Å². The Bertz CT molecular complexity index is 1250. The Balaban J connectivity index is 0.000000364. The number of amides is 1. The van der Waals surface area contributed by atoms with Crippen LogP contribution in [-0.4, -0.2) is 82.3 Å². The predicted molar refractivity (Wildman–Crippen MR) is 164 cm³/mol. The molecule has 4 heterocycles. The quantitative estimate of drug-likeness (QED) is 0.355. The van der Waals surface area contributed by atoms with Crippen LogP contribution in [0.25, 0.3) is 0 Å². The van der Waals surface area contributed by atoms with Gasteiger partial charge in [-0.25, -0.2) is 19.2 Å². The first-order chi connectivity index (χ1) is 20.9. The number of benzene rings is 1. The van der Waals surface area contributed by atoms with E-state index in [1.807, 2.05) is 20.8 Å². The number of nitrogens with zero attached hydrogens (tertiary/aromatic N) is 7. The molecule has 1 aromatic carbocycles. The van der Waals surface area contributed by atoms with Gasteiger partial charge in [-0.3, -0.25) is 4.79 Å². The number of methoxy groups -OCH3 is 1. The Morgan fingerprint density at radius 3 is 2.23 bits per heavy atom. The summed E-state index contributed by atoms with van der Waals surface area (Å²) in [5.41, 5.74) is 1.63. The minimum Gasteiger partial charge on any atom is -0.377 e. The van der Waals surface area contributed by atoms with E-state index < -0.39 is 0 Å². The summed E-state index contributed by atoms with van der Waals surface area (Å²) in [4.78, 5) is 35.8. The van der Waals surface area contributed by atoms with Crippen LogP contribution < -0.4 is 14.6 Å². The van der Waals surface area contributed by atoms with Gasteiger partial charge in [-0.15, -0.1) is 0 Å². The van der Waals surface area contributed by atoms with E-state index >= 15 is 0 Å². The van der Waals surface area contributed by atoms with Gasteiger partial charge in [-0.2, -0.15) is 4.98 Å². The maximum absolute atomic E-state index is 13.4. The normalized spacial score (nSPS) is 18.4. The molecule has 1 aliphatic carbocycles. The van der Waals surface area contributed by atoms with Gasteiger partial charge < -0.3 is 24.0 Å². The van der Waals surface area contributed by atoms with E-state index in [0.717, 1.165) is 63.8 Å². The third-order valence-corrected chi connectivity index (χ3v) is 7.86. The Morgan fingerprint density at radius 1 is 1.05 bits per heavy atom. The number of rotatable bonds is 8. The number of nitrogens with one attached hydrogen (secondary N) is 1. The molecule has 3 aliphatic rings. The van der Waals surface area contributed by atoms with E-state index in [4.69, 9.17) is 21.0 Å². The monoisotopic (exact) mass is 616 g/mol. The number of hydrogen-bond acceptors (Lipinski definition) is 10. The van der Waals surface area contributed by atoms with Crippen molar-refractivity contribution in [3.05, 3.63) is 59.4 Å². The summed E-state index contributed by atoms with van der Waals surface area (Å²) in [7, 11) is 1.60. The fourth-order valence-electron chi connectivity index (χ4n) is 5.19. The van der Waals surface area contributed by atoms with Crippen LogP contribution in [0.4, 0.5) is 16.4 Å². The van der Waals surface area contributed by atoms with Crippen LogP contribution in [0.2, 0.25) is 0 Å². The van der Waals surface area contributed by atoms with Gasteiger partial charge in [0.1, 0.15) is 12.4 Å². The average Bonchev–Trinajstić information content (AvgIpc) is 3.56. The molecule has 3 aromatic rings. The molecule has 1 amide bonds. The summed E-state index contributed by atoms with van der Waals surface area (Å²) in [5, 5.41) is 3.94. The molecule has 43 heavy (non-hydrogen) atoms. The molecule has 3 fully saturated rings. The maximum atomic E-state index is 13.4. The highest BCUT2D eigenvalue weighted by atomic mass is 35.5. The first kappa shape index (κ1) is 32.6. The predicted octanol–water partition coefficient (Wildman–Crippen LogP) is 4.76. The summed E-state index contributed by atoms with van der Waals surface area (Å²) >= 11 is 5.74. The molecule has 1 atom stereocenters. The summed E-state index contributed by atoms with van der Waals surface area (Å²) < 4.78 is 22.5. The molecule has 2 aliphatic heterocycles. The second kappa shape index (κ2) is 15.9. The smallest absolute Gasteiger partial charge is 0.324 e. The summed E-state index contributed by atoms with van der Waals surface area (Å²) in [6.45, 7) is 9.38. The van der Waals surface area contributed by atoms with Gasteiger partial charge in [0.25, 0.3) is 5.91 Å². The zero-order valence-corrected chi connectivity index (χ0v) is 26.1. The maximum Gasteiger partial charge on any atom is 0.324 e. The number of aromatic nitrogens is 4. The third kappa shape index (κ3) is 8.84. The summed E-state index contributed by atoms with van der Waals surface area (Å²) in [6, 6.07) is 7.62. The van der Waals surface area contributed by atoms with Crippen LogP contribution in [0.1, 0.15) is 67.7 Å². The minimum atomic E-state index is -0.171. The van der Waals surface area contributed by atoms with E-state index in [0.29, 0.717) is 36.0 Å². The minimum absolute atomic E-state index is 0.0180. The van der Waals surface area contributed by atoms with Crippen molar-refractivity contribution in [3.8, 4) is 0 Å². The van der Waals surface area contributed by atoms with Gasteiger partial charge >= 0.3 is 6.01 Å². The molecule has 0 spiro atoms. The van der Waals surface area contributed by atoms with Crippen molar-refractivity contribution >= 4 is 29.6 Å². The van der Waals surface area contributed by atoms with Crippen LogP contribution in [-0.2, 0) is 11.3 Å². The zero-order chi connectivity index (χ0) is 30.8. The standard InChI is InChI=1S/C21H29ClN8O3.C7H7F.C2H6/c1-32-13-18-25-21(33-27-18)28-8-5-17(6-9-28)30(16-2-3-16)19(31)14-10-23-20(24-11-14)29-7-4-15(12-29)26-22;1-6-2-4-7(8)5-3-6;1-2/h10-11,15-17,26H,2-9,12-13H2,1H3;2-5H,1H3;1-2H3. The van der Waals surface area contributed by atoms with E-state index in [1.54, 1.807) is 31.6 Å². The zero-order valence-electron chi connectivity index (χ0n) is 25.4. The molecule has 11 nitrogen and oxygen atoms in total. The van der Waals surface area contributed by atoms with Crippen molar-refractivity contribution in [2.75, 3.05) is 43.1 Å². The Hall–Kier alpha value is -3.35. The van der Waals surface area contributed by atoms with E-state index in [9.17, 15) is 9.18 Å². The molecular formula is C30H42ClFN8O3. The summed E-state index contributed by atoms with van der Waals surface area (Å²) in [5.74, 6) is 1.02. The first-order valence-corrected chi connectivity index (χ1v) is 15.4. The lowest BCUT2D eigenvalue weighted by atomic mass is 10.0. The van der Waals surface area contributed by atoms with Gasteiger partial charge in [0.15, 0.2) is 5.82 Å². The average molecular weight is 617 g/mol. The van der Waals surface area contributed by atoms with Crippen molar-refractivity contribution in [2.45, 2.75) is 77.6 Å². The van der Waals surface area contributed by atoms with Crippen LogP contribution in [0.15, 0.2) is 41.2 Å². The second-order valence-electron chi connectivity index (χ2n) is 10.7. The topological polar surface area (TPSA) is 113 Å². The number of halogens is 2. The van der Waals surface area contributed by atoms with Crippen LogP contribution in [0.3, 0.4) is 0 Å². The van der Waals surface area contributed by atoms with E-state index in [-0.39, 0.29) is 23.8 Å². The summed E-state index contributed by atoms with van der Waals surface area (Å²) in [6.07, 6.45) is 8.07. The molecule has 6 rings (SSSR count). The molecule has 234 valence electrons. The highest BCUT2D eigenvalue weighted by Crippen LogP contribution is 2.34.